The summed E-state index contributed by atoms with van der Waals surface area (Å²) < 4.78 is 0. The van der Waals surface area contributed by atoms with Gasteiger partial charge in [0.25, 0.3) is 5.91 Å². The lowest BCUT2D eigenvalue weighted by atomic mass is 10.0. The number of carbonyl (C=O) groups excluding carboxylic acids is 2. The fraction of sp³-hybridized carbons (Fsp3) is 0.500. The maximum absolute atomic E-state index is 12.4. The van der Waals surface area contributed by atoms with Crippen molar-refractivity contribution in [1.29, 1.82) is 0 Å². The van der Waals surface area contributed by atoms with Crippen LogP contribution in [0, 0.1) is 5.92 Å². The van der Waals surface area contributed by atoms with Crippen LogP contribution in [0.1, 0.15) is 40.2 Å². The molecule has 1 atom stereocenters. The van der Waals surface area contributed by atoms with E-state index in [0.29, 0.717) is 5.11 Å². The van der Waals surface area contributed by atoms with Gasteiger partial charge in [0.2, 0.25) is 5.91 Å². The molecule has 4 N–H and O–H groups in total. The molecule has 0 aromatic heterocycles. The van der Waals surface area contributed by atoms with Crippen molar-refractivity contribution in [2.24, 2.45) is 5.92 Å². The predicted octanol–water partition coefficient (Wildman–Crippen LogP) is 1.66. The molecule has 0 spiro atoms. The van der Waals surface area contributed by atoms with E-state index in [2.05, 4.69) is 21.5 Å². The smallest absolute Gasteiger partial charge is 0.261 e. The van der Waals surface area contributed by atoms with E-state index in [-0.39, 0.29) is 29.7 Å². The summed E-state index contributed by atoms with van der Waals surface area (Å²) in [5.41, 5.74) is 5.90. The average molecular weight is 365 g/mol. The molecule has 1 aromatic rings. The molecule has 0 fully saturated rings. The minimum atomic E-state index is -0.652. The first kappa shape index (κ1) is 20.9. The largest absolute Gasteiger partial charge is 0.357 e. The molecule has 0 aliphatic heterocycles. The minimum Gasteiger partial charge on any atom is -0.357 e. The lowest BCUT2D eigenvalue weighted by Gasteiger charge is -2.25. The first-order valence-electron chi connectivity index (χ1n) is 8.30. The lowest BCUT2D eigenvalue weighted by Crippen LogP contribution is -2.57. The summed E-state index contributed by atoms with van der Waals surface area (Å²) in [6, 6.07) is 8.75. The van der Waals surface area contributed by atoms with Crippen molar-refractivity contribution < 1.29 is 9.59 Å². The number of benzene rings is 1. The van der Waals surface area contributed by atoms with E-state index in [9.17, 15) is 9.59 Å². The third kappa shape index (κ3) is 8.49. The third-order valence-corrected chi connectivity index (χ3v) is 3.47. The summed E-state index contributed by atoms with van der Waals surface area (Å²) in [5.74, 6) is -0.601. The summed E-state index contributed by atoms with van der Waals surface area (Å²) in [5, 5.41) is 6.13. The van der Waals surface area contributed by atoms with Crippen molar-refractivity contribution in [3.63, 3.8) is 0 Å². The quantitative estimate of drug-likeness (QED) is 0.472. The van der Waals surface area contributed by atoms with Crippen LogP contribution in [0.5, 0.6) is 0 Å². The molecular weight excluding hydrogens is 336 g/mol. The molecule has 1 aromatic carbocycles. The van der Waals surface area contributed by atoms with Gasteiger partial charge in [-0.2, -0.15) is 0 Å². The number of thiocarbonyl (C=S) groups is 1. The van der Waals surface area contributed by atoms with Crippen LogP contribution in [0.15, 0.2) is 30.3 Å². The Hall–Kier alpha value is -2.15. The Kier molecular flexibility index (Phi) is 7.83. The van der Waals surface area contributed by atoms with Gasteiger partial charge in [-0.05, 0) is 44.5 Å². The Balaban J connectivity index is 2.56. The van der Waals surface area contributed by atoms with Gasteiger partial charge in [0.1, 0.15) is 6.04 Å². The summed E-state index contributed by atoms with van der Waals surface area (Å²) >= 11 is 5.12. The average Bonchev–Trinajstić information content (AvgIpc) is 2.49. The van der Waals surface area contributed by atoms with Gasteiger partial charge >= 0.3 is 0 Å². The Morgan fingerprint density at radius 1 is 1.08 bits per heavy atom. The van der Waals surface area contributed by atoms with Crippen molar-refractivity contribution in [3.05, 3.63) is 35.9 Å². The van der Waals surface area contributed by atoms with E-state index in [0.717, 1.165) is 5.56 Å². The number of carbonyl (C=O) groups is 2. The summed E-state index contributed by atoms with van der Waals surface area (Å²) in [6.07, 6.45) is 0.231. The van der Waals surface area contributed by atoms with Crippen molar-refractivity contribution in [2.45, 2.75) is 52.6 Å². The van der Waals surface area contributed by atoms with E-state index >= 15 is 0 Å². The van der Waals surface area contributed by atoms with Crippen molar-refractivity contribution in [2.75, 3.05) is 0 Å². The van der Waals surface area contributed by atoms with Gasteiger partial charge in [0.15, 0.2) is 5.11 Å². The van der Waals surface area contributed by atoms with Crippen LogP contribution >= 0.6 is 12.2 Å². The predicted molar refractivity (Wildman–Crippen MR) is 104 cm³/mol. The SMILES string of the molecule is CC(C)[C@H](NC(=O)Cc1ccccc1)C(=O)NNC(=S)NC(C)(C)C. The van der Waals surface area contributed by atoms with Gasteiger partial charge < -0.3 is 10.6 Å². The molecule has 25 heavy (non-hydrogen) atoms. The molecule has 0 bridgehead atoms. The molecular formula is C18H28N4O2S. The molecule has 138 valence electrons. The highest BCUT2D eigenvalue weighted by Gasteiger charge is 2.24. The Labute approximate surface area is 155 Å². The van der Waals surface area contributed by atoms with Crippen LogP contribution in [0.25, 0.3) is 0 Å². The number of rotatable bonds is 5. The van der Waals surface area contributed by atoms with Crippen molar-refractivity contribution in [3.8, 4) is 0 Å². The van der Waals surface area contributed by atoms with Gasteiger partial charge in [-0.25, -0.2) is 0 Å². The van der Waals surface area contributed by atoms with Crippen LogP contribution < -0.4 is 21.5 Å². The summed E-state index contributed by atoms with van der Waals surface area (Å²) in [7, 11) is 0. The molecule has 7 heteroatoms. The van der Waals surface area contributed by atoms with Gasteiger partial charge in [0.05, 0.1) is 6.42 Å². The second kappa shape index (κ2) is 9.36. The van der Waals surface area contributed by atoms with Gasteiger partial charge in [0, 0.05) is 5.54 Å². The normalized spacial score (nSPS) is 12.2. The molecule has 1 rings (SSSR count). The van der Waals surface area contributed by atoms with Crippen molar-refractivity contribution in [1.82, 2.24) is 21.5 Å². The molecule has 0 radical (unpaired) electrons. The lowest BCUT2D eigenvalue weighted by molar-refractivity contribution is -0.130. The Morgan fingerprint density at radius 2 is 1.68 bits per heavy atom. The molecule has 0 saturated carbocycles. The monoisotopic (exact) mass is 364 g/mol. The zero-order valence-corrected chi connectivity index (χ0v) is 16.3. The minimum absolute atomic E-state index is 0.0642. The maximum atomic E-state index is 12.4. The highest BCUT2D eigenvalue weighted by molar-refractivity contribution is 7.80. The fourth-order valence-electron chi connectivity index (χ4n) is 2.11. The van der Waals surface area contributed by atoms with E-state index < -0.39 is 6.04 Å². The zero-order valence-electron chi connectivity index (χ0n) is 15.5. The summed E-state index contributed by atoms with van der Waals surface area (Å²) in [6.45, 7) is 9.63. The number of hydrogen-bond acceptors (Lipinski definition) is 3. The molecule has 0 unspecified atom stereocenters. The van der Waals surface area contributed by atoms with Gasteiger partial charge in [-0.3, -0.25) is 20.4 Å². The third-order valence-electron chi connectivity index (χ3n) is 3.26. The molecule has 6 nitrogen and oxygen atoms in total. The summed E-state index contributed by atoms with van der Waals surface area (Å²) in [4.78, 5) is 24.6. The number of hydrogen-bond donors (Lipinski definition) is 4. The Bertz CT molecular complexity index is 597. The maximum Gasteiger partial charge on any atom is 0.261 e. The van der Waals surface area contributed by atoms with Crippen LogP contribution in [0.2, 0.25) is 0 Å². The number of amides is 2. The molecule has 2 amide bonds. The molecule has 0 aliphatic rings. The first-order chi connectivity index (χ1) is 11.6. The number of nitrogens with one attached hydrogen (secondary N) is 4. The molecule has 0 saturated heterocycles. The van der Waals surface area contributed by atoms with Crippen LogP contribution in [-0.4, -0.2) is 28.5 Å². The number of hydrazine groups is 1. The van der Waals surface area contributed by atoms with Gasteiger partial charge in [-0.1, -0.05) is 44.2 Å². The van der Waals surface area contributed by atoms with Gasteiger partial charge in [-0.15, -0.1) is 0 Å². The van der Waals surface area contributed by atoms with E-state index in [1.807, 2.05) is 65.0 Å². The van der Waals surface area contributed by atoms with Crippen LogP contribution in [0.4, 0.5) is 0 Å². The van der Waals surface area contributed by atoms with E-state index in [1.165, 1.54) is 0 Å². The standard InChI is InChI=1S/C18H28N4O2S/c1-12(2)15(16(24)21-22-17(25)20-18(3,4)5)19-14(23)11-13-9-7-6-8-10-13/h6-10,12,15H,11H2,1-5H3,(H,19,23)(H,21,24)(H2,20,22,25)/t15-/m0/s1. The van der Waals surface area contributed by atoms with Crippen LogP contribution in [0.3, 0.4) is 0 Å². The highest BCUT2D eigenvalue weighted by Crippen LogP contribution is 2.04. The van der Waals surface area contributed by atoms with E-state index in [1.54, 1.807) is 0 Å². The Morgan fingerprint density at radius 3 is 2.20 bits per heavy atom. The van der Waals surface area contributed by atoms with Crippen LogP contribution in [-0.2, 0) is 16.0 Å². The second-order valence-electron chi connectivity index (χ2n) is 7.27. The molecule has 0 aliphatic carbocycles. The fourth-order valence-corrected chi connectivity index (χ4v) is 2.47. The topological polar surface area (TPSA) is 82.3 Å². The highest BCUT2D eigenvalue weighted by atomic mass is 32.1. The second-order valence-corrected chi connectivity index (χ2v) is 7.68. The van der Waals surface area contributed by atoms with Crippen molar-refractivity contribution >= 4 is 29.1 Å². The van der Waals surface area contributed by atoms with E-state index in [4.69, 9.17) is 12.2 Å². The first-order valence-corrected chi connectivity index (χ1v) is 8.70. The zero-order chi connectivity index (χ0) is 19.0. The molecule has 0 heterocycles.